The largest absolute Gasteiger partial charge is 0.382 e. The van der Waals surface area contributed by atoms with Crippen molar-refractivity contribution in [2.45, 2.75) is 39.0 Å². The summed E-state index contributed by atoms with van der Waals surface area (Å²) in [7, 11) is 3.52. The van der Waals surface area contributed by atoms with Gasteiger partial charge in [0.2, 0.25) is 0 Å². The van der Waals surface area contributed by atoms with Crippen LogP contribution in [0.2, 0.25) is 0 Å². The first kappa shape index (κ1) is 18.2. The molecule has 0 heterocycles. The summed E-state index contributed by atoms with van der Waals surface area (Å²) in [5.74, 6) is 2.58. The first-order chi connectivity index (χ1) is 10.3. The van der Waals surface area contributed by atoms with E-state index < -0.39 is 0 Å². The van der Waals surface area contributed by atoms with E-state index in [-0.39, 0.29) is 0 Å². The lowest BCUT2D eigenvalue weighted by Gasteiger charge is -2.27. The lowest BCUT2D eigenvalue weighted by molar-refractivity contribution is 0.0698. The molecular weight excluding hydrogens is 266 g/mol. The molecule has 5 nitrogen and oxygen atoms in total. The molecule has 21 heavy (non-hydrogen) atoms. The highest BCUT2D eigenvalue weighted by molar-refractivity contribution is 5.79. The minimum atomic E-state index is 0.663. The maximum Gasteiger partial charge on any atom is 0.190 e. The number of ether oxygens (including phenoxy) is 2. The Bertz CT molecular complexity index is 285. The Morgan fingerprint density at radius 3 is 2.76 bits per heavy atom. The van der Waals surface area contributed by atoms with Gasteiger partial charge in [0, 0.05) is 33.9 Å². The number of methoxy groups -OCH3 is 1. The molecule has 124 valence electrons. The molecule has 0 radical (unpaired) electrons. The van der Waals surface area contributed by atoms with Crippen molar-refractivity contribution in [3.05, 3.63) is 0 Å². The molecule has 5 heteroatoms. The van der Waals surface area contributed by atoms with Gasteiger partial charge in [-0.15, -0.1) is 0 Å². The van der Waals surface area contributed by atoms with Gasteiger partial charge in [0.15, 0.2) is 5.96 Å². The Balaban J connectivity index is 2.03. The van der Waals surface area contributed by atoms with E-state index in [1.165, 1.54) is 25.7 Å². The van der Waals surface area contributed by atoms with Crippen molar-refractivity contribution in [3.63, 3.8) is 0 Å². The van der Waals surface area contributed by atoms with E-state index >= 15 is 0 Å². The Labute approximate surface area is 129 Å². The molecule has 1 rings (SSSR count). The van der Waals surface area contributed by atoms with E-state index in [9.17, 15) is 0 Å². The van der Waals surface area contributed by atoms with E-state index in [1.807, 2.05) is 7.05 Å². The molecular formula is C16H33N3O2. The maximum atomic E-state index is 5.43. The van der Waals surface area contributed by atoms with Crippen molar-refractivity contribution in [2.24, 2.45) is 16.8 Å². The average molecular weight is 299 g/mol. The summed E-state index contributed by atoms with van der Waals surface area (Å²) in [5, 5.41) is 6.79. The second kappa shape index (κ2) is 11.8. The first-order valence-corrected chi connectivity index (χ1v) is 8.27. The van der Waals surface area contributed by atoms with Gasteiger partial charge in [0.1, 0.15) is 0 Å². The molecule has 0 aromatic carbocycles. The van der Waals surface area contributed by atoms with Crippen molar-refractivity contribution in [2.75, 3.05) is 47.1 Å². The van der Waals surface area contributed by atoms with Crippen LogP contribution in [-0.2, 0) is 9.47 Å². The molecule has 0 saturated heterocycles. The van der Waals surface area contributed by atoms with Gasteiger partial charge in [0.05, 0.1) is 13.2 Å². The van der Waals surface area contributed by atoms with Crippen molar-refractivity contribution >= 4 is 5.96 Å². The molecule has 0 amide bonds. The highest BCUT2D eigenvalue weighted by atomic mass is 16.5. The lowest BCUT2D eigenvalue weighted by Crippen LogP contribution is -2.41. The van der Waals surface area contributed by atoms with Gasteiger partial charge in [0.25, 0.3) is 0 Å². The van der Waals surface area contributed by atoms with Crippen LogP contribution in [0.15, 0.2) is 4.99 Å². The normalized spacial score (nSPS) is 23.1. The van der Waals surface area contributed by atoms with Gasteiger partial charge in [-0.2, -0.15) is 0 Å². The fourth-order valence-electron chi connectivity index (χ4n) is 2.83. The molecule has 2 atom stereocenters. The van der Waals surface area contributed by atoms with Crippen LogP contribution in [0.25, 0.3) is 0 Å². The molecule has 2 N–H and O–H groups in total. The predicted molar refractivity (Wildman–Crippen MR) is 87.8 cm³/mol. The summed E-state index contributed by atoms with van der Waals surface area (Å²) in [6.07, 6.45) is 6.44. The average Bonchev–Trinajstić information content (AvgIpc) is 2.49. The third-order valence-electron chi connectivity index (χ3n) is 4.02. The van der Waals surface area contributed by atoms with Crippen LogP contribution in [0.5, 0.6) is 0 Å². The Kier molecular flexibility index (Phi) is 10.3. The maximum absolute atomic E-state index is 5.43. The summed E-state index contributed by atoms with van der Waals surface area (Å²) in [6.45, 7) is 6.37. The molecule has 1 fully saturated rings. The molecule has 1 saturated carbocycles. The number of aliphatic imine (C=N–C) groups is 1. The number of hydrogen-bond acceptors (Lipinski definition) is 3. The zero-order valence-corrected chi connectivity index (χ0v) is 14.0. The van der Waals surface area contributed by atoms with Crippen LogP contribution < -0.4 is 10.6 Å². The minimum Gasteiger partial charge on any atom is -0.382 e. The number of nitrogens with one attached hydrogen (secondary N) is 2. The van der Waals surface area contributed by atoms with E-state index in [4.69, 9.17) is 9.47 Å². The van der Waals surface area contributed by atoms with Gasteiger partial charge in [-0.25, -0.2) is 0 Å². The summed E-state index contributed by atoms with van der Waals surface area (Å²) < 4.78 is 10.4. The number of rotatable bonds is 9. The third kappa shape index (κ3) is 8.94. The van der Waals surface area contributed by atoms with Crippen LogP contribution in [0.4, 0.5) is 0 Å². The van der Waals surface area contributed by atoms with E-state index in [1.54, 1.807) is 7.11 Å². The van der Waals surface area contributed by atoms with Crippen LogP contribution >= 0.6 is 0 Å². The van der Waals surface area contributed by atoms with E-state index in [0.29, 0.717) is 13.2 Å². The summed E-state index contributed by atoms with van der Waals surface area (Å²) in [4.78, 5) is 4.27. The fourth-order valence-corrected chi connectivity index (χ4v) is 2.83. The van der Waals surface area contributed by atoms with Gasteiger partial charge in [-0.05, 0) is 31.1 Å². The zero-order valence-electron chi connectivity index (χ0n) is 14.0. The van der Waals surface area contributed by atoms with Gasteiger partial charge in [-0.3, -0.25) is 4.99 Å². The number of nitrogens with zero attached hydrogens (tertiary/aromatic N) is 1. The summed E-state index contributed by atoms with van der Waals surface area (Å²) >= 11 is 0. The molecule has 2 unspecified atom stereocenters. The molecule has 0 aromatic rings. The topological polar surface area (TPSA) is 54.9 Å². The Hall–Kier alpha value is -0.810. The minimum absolute atomic E-state index is 0.663. The van der Waals surface area contributed by atoms with Crippen LogP contribution in [0.3, 0.4) is 0 Å². The predicted octanol–water partition coefficient (Wildman–Crippen LogP) is 2.03. The molecule has 0 spiro atoms. The van der Waals surface area contributed by atoms with Crippen molar-refractivity contribution in [3.8, 4) is 0 Å². The first-order valence-electron chi connectivity index (χ1n) is 8.27. The van der Waals surface area contributed by atoms with Gasteiger partial charge < -0.3 is 20.1 Å². The van der Waals surface area contributed by atoms with E-state index in [0.717, 1.165) is 43.9 Å². The fraction of sp³-hybridized carbons (Fsp3) is 0.938. The van der Waals surface area contributed by atoms with Crippen LogP contribution in [-0.4, -0.2) is 53.0 Å². The second-order valence-corrected chi connectivity index (χ2v) is 5.98. The highest BCUT2D eigenvalue weighted by Gasteiger charge is 2.18. The summed E-state index contributed by atoms with van der Waals surface area (Å²) in [6, 6.07) is 0. The van der Waals surface area contributed by atoms with Crippen LogP contribution in [0, 0.1) is 11.8 Å². The van der Waals surface area contributed by atoms with Crippen molar-refractivity contribution < 1.29 is 9.47 Å². The molecule has 0 aromatic heterocycles. The zero-order chi connectivity index (χ0) is 15.3. The molecule has 0 bridgehead atoms. The van der Waals surface area contributed by atoms with Crippen LogP contribution in [0.1, 0.15) is 39.0 Å². The second-order valence-electron chi connectivity index (χ2n) is 5.98. The molecule has 0 aliphatic heterocycles. The Morgan fingerprint density at radius 2 is 2.05 bits per heavy atom. The Morgan fingerprint density at radius 1 is 1.19 bits per heavy atom. The van der Waals surface area contributed by atoms with Gasteiger partial charge in [-0.1, -0.05) is 19.8 Å². The van der Waals surface area contributed by atoms with Crippen molar-refractivity contribution in [1.29, 1.82) is 0 Å². The number of hydrogen-bond donors (Lipinski definition) is 2. The highest BCUT2D eigenvalue weighted by Crippen LogP contribution is 2.27. The number of guanidine groups is 1. The monoisotopic (exact) mass is 299 g/mol. The SMILES string of the molecule is CN=C(NCCCOCCOC)NCC1CCCC(C)C1. The summed E-state index contributed by atoms with van der Waals surface area (Å²) in [5.41, 5.74) is 0. The van der Waals surface area contributed by atoms with Crippen molar-refractivity contribution in [1.82, 2.24) is 10.6 Å². The van der Waals surface area contributed by atoms with E-state index in [2.05, 4.69) is 22.5 Å². The molecule has 1 aliphatic carbocycles. The molecule has 1 aliphatic rings. The smallest absolute Gasteiger partial charge is 0.190 e. The quantitative estimate of drug-likeness (QED) is 0.389. The van der Waals surface area contributed by atoms with Gasteiger partial charge >= 0.3 is 0 Å². The lowest BCUT2D eigenvalue weighted by atomic mass is 9.82. The third-order valence-corrected chi connectivity index (χ3v) is 4.02. The standard InChI is InChI=1S/C16H33N3O2/c1-14-6-4-7-15(12-14)13-19-16(17-2)18-8-5-9-21-11-10-20-3/h14-15H,4-13H2,1-3H3,(H2,17,18,19).